The number of ether oxygens (including phenoxy) is 1. The minimum absolute atomic E-state index is 0.446. The fourth-order valence-electron chi connectivity index (χ4n) is 1.42. The van der Waals surface area contributed by atoms with Crippen molar-refractivity contribution < 1.29 is 4.74 Å². The van der Waals surface area contributed by atoms with Crippen molar-refractivity contribution in [3.8, 4) is 0 Å². The van der Waals surface area contributed by atoms with Crippen LogP contribution >= 0.6 is 11.3 Å². The summed E-state index contributed by atoms with van der Waals surface area (Å²) in [6.45, 7) is 5.23. The van der Waals surface area contributed by atoms with E-state index in [2.05, 4.69) is 36.7 Å². The maximum Gasteiger partial charge on any atom is 0.0476 e. The fraction of sp³-hybridized carbons (Fsp3) is 0.636. The molecule has 1 rings (SSSR count). The standard InChI is InChI=1S/C11H19NOS/c1-9(6-7-13-3)12-10(2)11-5-4-8-14-11/h4-5,8-10,12H,6-7H2,1-3H3. The van der Waals surface area contributed by atoms with Gasteiger partial charge in [-0.25, -0.2) is 0 Å². The van der Waals surface area contributed by atoms with Crippen LogP contribution in [0.2, 0.25) is 0 Å². The van der Waals surface area contributed by atoms with Gasteiger partial charge in [0.1, 0.15) is 0 Å². The van der Waals surface area contributed by atoms with Gasteiger partial charge in [0.15, 0.2) is 0 Å². The summed E-state index contributed by atoms with van der Waals surface area (Å²) >= 11 is 1.80. The molecule has 3 heteroatoms. The summed E-state index contributed by atoms with van der Waals surface area (Å²) in [5, 5.41) is 5.67. The molecule has 0 fully saturated rings. The average molecular weight is 213 g/mol. The molecule has 0 spiro atoms. The van der Waals surface area contributed by atoms with E-state index >= 15 is 0 Å². The molecule has 2 atom stereocenters. The van der Waals surface area contributed by atoms with Gasteiger partial charge < -0.3 is 10.1 Å². The maximum atomic E-state index is 5.05. The van der Waals surface area contributed by atoms with Gasteiger partial charge in [0.25, 0.3) is 0 Å². The molecule has 0 aliphatic carbocycles. The first-order valence-electron chi connectivity index (χ1n) is 5.02. The zero-order chi connectivity index (χ0) is 10.4. The second kappa shape index (κ2) is 6.17. The third-order valence-corrected chi connectivity index (χ3v) is 3.31. The molecule has 0 aromatic carbocycles. The van der Waals surface area contributed by atoms with E-state index in [1.807, 2.05) is 0 Å². The van der Waals surface area contributed by atoms with Gasteiger partial charge in [-0.05, 0) is 31.7 Å². The van der Waals surface area contributed by atoms with Gasteiger partial charge in [-0.15, -0.1) is 11.3 Å². The lowest BCUT2D eigenvalue weighted by molar-refractivity contribution is 0.183. The quantitative estimate of drug-likeness (QED) is 0.784. The zero-order valence-corrected chi connectivity index (χ0v) is 9.93. The first-order chi connectivity index (χ1) is 6.74. The highest BCUT2D eigenvalue weighted by Crippen LogP contribution is 2.18. The van der Waals surface area contributed by atoms with Gasteiger partial charge in [-0.2, -0.15) is 0 Å². The molecular weight excluding hydrogens is 194 g/mol. The normalized spacial score (nSPS) is 15.4. The Kier molecular flexibility index (Phi) is 5.15. The summed E-state index contributed by atoms with van der Waals surface area (Å²) in [5.74, 6) is 0. The van der Waals surface area contributed by atoms with E-state index in [0.717, 1.165) is 13.0 Å². The van der Waals surface area contributed by atoms with Crippen LogP contribution in [0.15, 0.2) is 17.5 Å². The van der Waals surface area contributed by atoms with Gasteiger partial charge >= 0.3 is 0 Å². The molecule has 14 heavy (non-hydrogen) atoms. The molecule has 0 amide bonds. The zero-order valence-electron chi connectivity index (χ0n) is 9.12. The predicted molar refractivity (Wildman–Crippen MR) is 61.8 cm³/mol. The van der Waals surface area contributed by atoms with Crippen molar-refractivity contribution >= 4 is 11.3 Å². The Bertz CT molecular complexity index is 235. The van der Waals surface area contributed by atoms with Crippen molar-refractivity contribution in [2.45, 2.75) is 32.4 Å². The van der Waals surface area contributed by atoms with Crippen molar-refractivity contribution in [1.29, 1.82) is 0 Å². The average Bonchev–Trinajstić information content (AvgIpc) is 2.67. The van der Waals surface area contributed by atoms with Crippen LogP contribution in [0.4, 0.5) is 0 Å². The lowest BCUT2D eigenvalue weighted by atomic mass is 10.2. The Labute approximate surface area is 90.3 Å². The molecule has 0 aliphatic rings. The number of thiophene rings is 1. The number of nitrogens with one attached hydrogen (secondary N) is 1. The van der Waals surface area contributed by atoms with E-state index in [4.69, 9.17) is 4.74 Å². The lowest BCUT2D eigenvalue weighted by Gasteiger charge is -2.18. The van der Waals surface area contributed by atoms with Crippen LogP contribution in [0.5, 0.6) is 0 Å². The minimum Gasteiger partial charge on any atom is -0.385 e. The monoisotopic (exact) mass is 213 g/mol. The molecule has 1 aromatic rings. The smallest absolute Gasteiger partial charge is 0.0476 e. The first-order valence-corrected chi connectivity index (χ1v) is 5.90. The summed E-state index contributed by atoms with van der Waals surface area (Å²) in [6, 6.07) is 5.22. The van der Waals surface area contributed by atoms with Crippen LogP contribution in [0.1, 0.15) is 31.2 Å². The summed E-state index contributed by atoms with van der Waals surface area (Å²) in [5.41, 5.74) is 0. The highest BCUT2D eigenvalue weighted by molar-refractivity contribution is 7.10. The van der Waals surface area contributed by atoms with Crippen LogP contribution in [0.25, 0.3) is 0 Å². The van der Waals surface area contributed by atoms with Gasteiger partial charge in [0.2, 0.25) is 0 Å². The molecule has 0 saturated heterocycles. The number of methoxy groups -OCH3 is 1. The van der Waals surface area contributed by atoms with Crippen LogP contribution in [0.3, 0.4) is 0 Å². The Morgan fingerprint density at radius 2 is 2.29 bits per heavy atom. The molecule has 1 aromatic heterocycles. The van der Waals surface area contributed by atoms with Crippen molar-refractivity contribution in [2.24, 2.45) is 0 Å². The second-order valence-corrected chi connectivity index (χ2v) is 4.57. The van der Waals surface area contributed by atoms with Gasteiger partial charge in [-0.1, -0.05) is 6.07 Å². The van der Waals surface area contributed by atoms with E-state index < -0.39 is 0 Å². The molecular formula is C11H19NOS. The molecule has 1 heterocycles. The molecule has 0 aliphatic heterocycles. The second-order valence-electron chi connectivity index (χ2n) is 3.59. The molecule has 80 valence electrons. The highest BCUT2D eigenvalue weighted by atomic mass is 32.1. The van der Waals surface area contributed by atoms with Gasteiger partial charge in [-0.3, -0.25) is 0 Å². The maximum absolute atomic E-state index is 5.05. The molecule has 0 radical (unpaired) electrons. The topological polar surface area (TPSA) is 21.3 Å². The molecule has 1 N–H and O–H groups in total. The van der Waals surface area contributed by atoms with Gasteiger partial charge in [0, 0.05) is 30.7 Å². The van der Waals surface area contributed by atoms with E-state index in [1.165, 1.54) is 4.88 Å². The Hall–Kier alpha value is -0.380. The van der Waals surface area contributed by atoms with E-state index in [1.54, 1.807) is 18.4 Å². The fourth-order valence-corrected chi connectivity index (χ4v) is 2.17. The molecule has 0 saturated carbocycles. The predicted octanol–water partition coefficient (Wildman–Crippen LogP) is 2.82. The number of hydrogen-bond donors (Lipinski definition) is 1. The van der Waals surface area contributed by atoms with Crippen molar-refractivity contribution in [3.05, 3.63) is 22.4 Å². The van der Waals surface area contributed by atoms with E-state index in [-0.39, 0.29) is 0 Å². The molecule has 2 unspecified atom stereocenters. The Morgan fingerprint density at radius 3 is 2.86 bits per heavy atom. The number of rotatable bonds is 6. The van der Waals surface area contributed by atoms with Crippen LogP contribution in [-0.4, -0.2) is 19.8 Å². The number of hydrogen-bond acceptors (Lipinski definition) is 3. The third kappa shape index (κ3) is 3.78. The van der Waals surface area contributed by atoms with Gasteiger partial charge in [0.05, 0.1) is 0 Å². The Morgan fingerprint density at radius 1 is 1.50 bits per heavy atom. The summed E-state index contributed by atoms with van der Waals surface area (Å²) in [6.07, 6.45) is 1.06. The molecule has 2 nitrogen and oxygen atoms in total. The summed E-state index contributed by atoms with van der Waals surface area (Å²) in [4.78, 5) is 1.40. The third-order valence-electron chi connectivity index (χ3n) is 2.26. The SMILES string of the molecule is COCCC(C)NC(C)c1cccs1. The van der Waals surface area contributed by atoms with E-state index in [0.29, 0.717) is 12.1 Å². The minimum atomic E-state index is 0.446. The van der Waals surface area contributed by atoms with Crippen LogP contribution in [0, 0.1) is 0 Å². The summed E-state index contributed by atoms with van der Waals surface area (Å²) < 4.78 is 5.05. The van der Waals surface area contributed by atoms with Crippen molar-refractivity contribution in [2.75, 3.05) is 13.7 Å². The first kappa shape index (κ1) is 11.7. The lowest BCUT2D eigenvalue weighted by Crippen LogP contribution is -2.29. The van der Waals surface area contributed by atoms with Crippen LogP contribution in [-0.2, 0) is 4.74 Å². The highest BCUT2D eigenvalue weighted by Gasteiger charge is 2.09. The largest absolute Gasteiger partial charge is 0.385 e. The van der Waals surface area contributed by atoms with E-state index in [9.17, 15) is 0 Å². The Balaban J connectivity index is 2.29. The van der Waals surface area contributed by atoms with Crippen molar-refractivity contribution in [1.82, 2.24) is 5.32 Å². The van der Waals surface area contributed by atoms with Crippen LogP contribution < -0.4 is 5.32 Å². The van der Waals surface area contributed by atoms with Crippen molar-refractivity contribution in [3.63, 3.8) is 0 Å². The summed E-state index contributed by atoms with van der Waals surface area (Å²) in [7, 11) is 1.75. The molecule has 0 bridgehead atoms.